The molecular weight excluding hydrogens is 404 g/mol. The van der Waals surface area contributed by atoms with E-state index in [-0.39, 0.29) is 19.7 Å². The van der Waals surface area contributed by atoms with Gasteiger partial charge in [0.2, 0.25) is 15.9 Å². The summed E-state index contributed by atoms with van der Waals surface area (Å²) in [4.78, 5) is 12.2. The smallest absolute Gasteiger partial charge is 0.240 e. The predicted octanol–water partition coefficient (Wildman–Crippen LogP) is 2.70. The minimum Gasteiger partial charge on any atom is -0.494 e. The maximum absolute atomic E-state index is 12.2. The monoisotopic (exact) mass is 426 g/mol. The zero-order valence-electron chi connectivity index (χ0n) is 15.7. The van der Waals surface area contributed by atoms with E-state index in [1.165, 1.54) is 0 Å². The highest BCUT2D eigenvalue weighted by atomic mass is 35.5. The fourth-order valence-electron chi connectivity index (χ4n) is 2.37. The van der Waals surface area contributed by atoms with Crippen molar-refractivity contribution in [1.29, 1.82) is 0 Å². The molecule has 9 heteroatoms. The standard InChI is InChI=1S/C19H23ClN2O5S/c1-3-26-16-10-8-15(9-11-16)22(28(2,24)25)14-19(23)21-12-13-27-18-7-5-4-6-17(18)20/h4-11H,3,12-14H2,1-2H3,(H,21,23). The van der Waals surface area contributed by atoms with Gasteiger partial charge in [-0.05, 0) is 43.3 Å². The van der Waals surface area contributed by atoms with Crippen molar-refractivity contribution in [2.45, 2.75) is 6.92 Å². The van der Waals surface area contributed by atoms with Crippen molar-refractivity contribution in [2.24, 2.45) is 0 Å². The first-order valence-corrected chi connectivity index (χ1v) is 10.9. The van der Waals surface area contributed by atoms with E-state index in [9.17, 15) is 13.2 Å². The Morgan fingerprint density at radius 2 is 1.79 bits per heavy atom. The summed E-state index contributed by atoms with van der Waals surface area (Å²) in [5.41, 5.74) is 0.383. The molecule has 0 spiro atoms. The number of benzene rings is 2. The van der Waals surface area contributed by atoms with E-state index in [1.807, 2.05) is 6.92 Å². The summed E-state index contributed by atoms with van der Waals surface area (Å²) >= 11 is 5.99. The van der Waals surface area contributed by atoms with Gasteiger partial charge >= 0.3 is 0 Å². The van der Waals surface area contributed by atoms with Gasteiger partial charge in [-0.2, -0.15) is 0 Å². The molecule has 0 unspecified atom stereocenters. The summed E-state index contributed by atoms with van der Waals surface area (Å²) in [5, 5.41) is 3.12. The maximum Gasteiger partial charge on any atom is 0.240 e. The van der Waals surface area contributed by atoms with Crippen molar-refractivity contribution >= 4 is 33.2 Å². The van der Waals surface area contributed by atoms with Crippen LogP contribution in [-0.4, -0.2) is 46.9 Å². The molecule has 1 amide bonds. The van der Waals surface area contributed by atoms with Crippen LogP contribution in [-0.2, 0) is 14.8 Å². The lowest BCUT2D eigenvalue weighted by Gasteiger charge is -2.22. The van der Waals surface area contributed by atoms with Crippen LogP contribution in [0.4, 0.5) is 5.69 Å². The van der Waals surface area contributed by atoms with Crippen molar-refractivity contribution in [3.63, 3.8) is 0 Å². The Hall–Kier alpha value is -2.45. The number of sulfonamides is 1. The number of nitrogens with zero attached hydrogens (tertiary/aromatic N) is 1. The molecule has 152 valence electrons. The number of hydrogen-bond acceptors (Lipinski definition) is 5. The molecule has 0 saturated heterocycles. The highest BCUT2D eigenvalue weighted by Crippen LogP contribution is 2.23. The summed E-state index contributed by atoms with van der Waals surface area (Å²) in [5.74, 6) is 0.702. The van der Waals surface area contributed by atoms with E-state index in [1.54, 1.807) is 48.5 Å². The van der Waals surface area contributed by atoms with Gasteiger partial charge < -0.3 is 14.8 Å². The van der Waals surface area contributed by atoms with Crippen LogP contribution in [0.25, 0.3) is 0 Å². The number of anilines is 1. The number of hydrogen-bond donors (Lipinski definition) is 1. The third-order valence-corrected chi connectivity index (χ3v) is 5.09. The van der Waals surface area contributed by atoms with Crippen molar-refractivity contribution in [1.82, 2.24) is 5.32 Å². The molecule has 0 bridgehead atoms. The van der Waals surface area contributed by atoms with Crippen LogP contribution in [0.3, 0.4) is 0 Å². The molecule has 2 aromatic rings. The average molecular weight is 427 g/mol. The highest BCUT2D eigenvalue weighted by Gasteiger charge is 2.20. The first-order valence-electron chi connectivity index (χ1n) is 8.66. The number of carbonyl (C=O) groups is 1. The molecule has 0 aliphatic heterocycles. The van der Waals surface area contributed by atoms with Gasteiger partial charge in [-0.3, -0.25) is 9.10 Å². The number of halogens is 1. The van der Waals surface area contributed by atoms with Crippen LogP contribution in [0, 0.1) is 0 Å². The Balaban J connectivity index is 1.91. The second-order valence-electron chi connectivity index (χ2n) is 5.83. The van der Waals surface area contributed by atoms with Gasteiger partial charge in [0.15, 0.2) is 0 Å². The fraction of sp³-hybridized carbons (Fsp3) is 0.316. The Kier molecular flexibility index (Phi) is 7.95. The van der Waals surface area contributed by atoms with E-state index >= 15 is 0 Å². The van der Waals surface area contributed by atoms with Crippen molar-refractivity contribution in [3.8, 4) is 11.5 Å². The lowest BCUT2D eigenvalue weighted by atomic mass is 10.3. The molecule has 1 N–H and O–H groups in total. The molecule has 0 saturated carbocycles. The topological polar surface area (TPSA) is 84.9 Å². The van der Waals surface area contributed by atoms with Gasteiger partial charge in [0, 0.05) is 0 Å². The number of carbonyl (C=O) groups excluding carboxylic acids is 1. The SMILES string of the molecule is CCOc1ccc(N(CC(=O)NCCOc2ccccc2Cl)S(C)(=O)=O)cc1. The second kappa shape index (κ2) is 10.2. The third-order valence-electron chi connectivity index (χ3n) is 3.64. The van der Waals surface area contributed by atoms with Crippen LogP contribution in [0.5, 0.6) is 11.5 Å². The molecule has 28 heavy (non-hydrogen) atoms. The molecule has 7 nitrogen and oxygen atoms in total. The third kappa shape index (κ3) is 6.61. The van der Waals surface area contributed by atoms with Gasteiger partial charge in [0.1, 0.15) is 24.7 Å². The molecule has 0 aromatic heterocycles. The molecule has 0 aliphatic rings. The van der Waals surface area contributed by atoms with Gasteiger partial charge in [-0.25, -0.2) is 8.42 Å². The van der Waals surface area contributed by atoms with Crippen LogP contribution in [0.15, 0.2) is 48.5 Å². The molecule has 2 aromatic carbocycles. The largest absolute Gasteiger partial charge is 0.494 e. The second-order valence-corrected chi connectivity index (χ2v) is 8.14. The van der Waals surface area contributed by atoms with E-state index in [0.29, 0.717) is 28.8 Å². The lowest BCUT2D eigenvalue weighted by molar-refractivity contribution is -0.119. The number of rotatable bonds is 10. The van der Waals surface area contributed by atoms with Gasteiger partial charge in [0.05, 0.1) is 30.1 Å². The van der Waals surface area contributed by atoms with E-state index in [2.05, 4.69) is 5.32 Å². The maximum atomic E-state index is 12.2. The number of amides is 1. The van der Waals surface area contributed by atoms with Crippen LogP contribution in [0.1, 0.15) is 6.92 Å². The molecule has 0 aliphatic carbocycles. The summed E-state index contributed by atoms with van der Waals surface area (Å²) in [6, 6.07) is 13.5. The van der Waals surface area contributed by atoms with E-state index in [4.69, 9.17) is 21.1 Å². The predicted molar refractivity (Wildman–Crippen MR) is 110 cm³/mol. The number of ether oxygens (including phenoxy) is 2. The lowest BCUT2D eigenvalue weighted by Crippen LogP contribution is -2.41. The first kappa shape index (κ1) is 21.8. The van der Waals surface area contributed by atoms with Gasteiger partial charge in [-0.1, -0.05) is 23.7 Å². The highest BCUT2D eigenvalue weighted by molar-refractivity contribution is 7.92. The quantitative estimate of drug-likeness (QED) is 0.590. The fourth-order valence-corrected chi connectivity index (χ4v) is 3.42. The molecule has 0 radical (unpaired) electrons. The number of nitrogens with one attached hydrogen (secondary N) is 1. The molecule has 0 atom stereocenters. The van der Waals surface area contributed by atoms with E-state index < -0.39 is 15.9 Å². The van der Waals surface area contributed by atoms with Crippen molar-refractivity contribution in [2.75, 3.05) is 36.9 Å². The van der Waals surface area contributed by atoms with Crippen LogP contribution in [0.2, 0.25) is 5.02 Å². The van der Waals surface area contributed by atoms with Crippen LogP contribution < -0.4 is 19.1 Å². The first-order chi connectivity index (χ1) is 13.3. The summed E-state index contributed by atoms with van der Waals surface area (Å²) in [7, 11) is -3.63. The van der Waals surface area contributed by atoms with Gasteiger partial charge in [0.25, 0.3) is 0 Å². The van der Waals surface area contributed by atoms with E-state index in [0.717, 1.165) is 10.6 Å². The Morgan fingerprint density at radius 1 is 1.11 bits per heavy atom. The van der Waals surface area contributed by atoms with Crippen LogP contribution >= 0.6 is 11.6 Å². The molecular formula is C19H23ClN2O5S. The average Bonchev–Trinajstić information content (AvgIpc) is 2.65. The summed E-state index contributed by atoms with van der Waals surface area (Å²) in [6.45, 7) is 2.45. The summed E-state index contributed by atoms with van der Waals surface area (Å²) in [6.07, 6.45) is 1.05. The Bertz CT molecular complexity index is 887. The number of para-hydroxylation sites is 1. The Labute approximate surface area is 170 Å². The zero-order chi connectivity index (χ0) is 20.6. The normalized spacial score (nSPS) is 11.0. The molecule has 0 fully saturated rings. The minimum atomic E-state index is -3.63. The molecule has 2 rings (SSSR count). The van der Waals surface area contributed by atoms with Crippen molar-refractivity contribution in [3.05, 3.63) is 53.6 Å². The minimum absolute atomic E-state index is 0.206. The van der Waals surface area contributed by atoms with Gasteiger partial charge in [-0.15, -0.1) is 0 Å². The Morgan fingerprint density at radius 3 is 2.39 bits per heavy atom. The van der Waals surface area contributed by atoms with Crippen molar-refractivity contribution < 1.29 is 22.7 Å². The zero-order valence-corrected chi connectivity index (χ0v) is 17.3. The molecule has 0 heterocycles. The summed E-state index contributed by atoms with van der Waals surface area (Å²) < 4.78 is 36.1.